The van der Waals surface area contributed by atoms with Gasteiger partial charge >= 0.3 is 0 Å². The van der Waals surface area contributed by atoms with Crippen molar-refractivity contribution in [2.75, 3.05) is 6.54 Å². The Bertz CT molecular complexity index is 603. The number of halogens is 2. The Balaban J connectivity index is 2.16. The molecular weight excluding hydrogens is 289 g/mol. The van der Waals surface area contributed by atoms with Crippen LogP contribution in [-0.4, -0.2) is 6.54 Å². The first-order valence-electron chi connectivity index (χ1n) is 7.00. The van der Waals surface area contributed by atoms with Crippen LogP contribution in [0.3, 0.4) is 0 Å². The Morgan fingerprint density at radius 1 is 1.24 bits per heavy atom. The third-order valence-electron chi connectivity index (χ3n) is 3.24. The fourth-order valence-corrected chi connectivity index (χ4v) is 2.41. The second-order valence-corrected chi connectivity index (χ2v) is 5.32. The minimum absolute atomic E-state index is 0.102. The van der Waals surface area contributed by atoms with E-state index in [1.54, 1.807) is 6.07 Å². The molecule has 4 heteroatoms. The van der Waals surface area contributed by atoms with E-state index in [4.69, 9.17) is 16.3 Å². The Morgan fingerprint density at radius 3 is 2.76 bits per heavy atom. The maximum absolute atomic E-state index is 13.5. The molecule has 0 saturated carbocycles. The fourth-order valence-electron chi connectivity index (χ4n) is 2.19. The van der Waals surface area contributed by atoms with Crippen LogP contribution in [0.5, 0.6) is 5.75 Å². The number of benzene rings is 2. The molecule has 2 aromatic rings. The summed E-state index contributed by atoms with van der Waals surface area (Å²) in [5.41, 5.74) is 1.90. The van der Waals surface area contributed by atoms with E-state index in [1.807, 2.05) is 38.1 Å². The van der Waals surface area contributed by atoms with Gasteiger partial charge in [0.2, 0.25) is 0 Å². The van der Waals surface area contributed by atoms with Gasteiger partial charge in [-0.2, -0.15) is 0 Å². The molecule has 1 N–H and O–H groups in total. The molecule has 0 bridgehead atoms. The van der Waals surface area contributed by atoms with E-state index in [9.17, 15) is 4.39 Å². The van der Waals surface area contributed by atoms with Gasteiger partial charge in [0.25, 0.3) is 0 Å². The predicted octanol–water partition coefficient (Wildman–Crippen LogP) is 4.73. The first-order valence-corrected chi connectivity index (χ1v) is 7.38. The molecule has 0 saturated heterocycles. The fraction of sp³-hybridized carbons (Fsp3) is 0.294. The Hall–Kier alpha value is -1.58. The van der Waals surface area contributed by atoms with E-state index in [-0.39, 0.29) is 11.9 Å². The van der Waals surface area contributed by atoms with Crippen molar-refractivity contribution in [2.24, 2.45) is 0 Å². The van der Waals surface area contributed by atoms with E-state index in [0.717, 1.165) is 17.7 Å². The van der Waals surface area contributed by atoms with Gasteiger partial charge in [-0.05, 0) is 37.2 Å². The number of ether oxygens (including phenoxy) is 1. The predicted molar refractivity (Wildman–Crippen MR) is 84.3 cm³/mol. The van der Waals surface area contributed by atoms with Gasteiger partial charge in [0.1, 0.15) is 18.2 Å². The van der Waals surface area contributed by atoms with Crippen LogP contribution in [0.2, 0.25) is 5.02 Å². The molecule has 0 aromatic heterocycles. The van der Waals surface area contributed by atoms with E-state index < -0.39 is 0 Å². The molecule has 21 heavy (non-hydrogen) atoms. The molecule has 0 aliphatic carbocycles. The van der Waals surface area contributed by atoms with Crippen molar-refractivity contribution >= 4 is 11.6 Å². The SMILES string of the molecule is CCNC(C)c1ccc(F)cc1OCc1cccc(Cl)c1. The summed E-state index contributed by atoms with van der Waals surface area (Å²) in [6.45, 7) is 5.26. The lowest BCUT2D eigenvalue weighted by Gasteiger charge is -2.18. The van der Waals surface area contributed by atoms with Crippen LogP contribution in [-0.2, 0) is 6.61 Å². The third-order valence-corrected chi connectivity index (χ3v) is 3.47. The summed E-state index contributed by atoms with van der Waals surface area (Å²) in [7, 11) is 0. The molecule has 0 aliphatic rings. The van der Waals surface area contributed by atoms with Crippen molar-refractivity contribution in [3.8, 4) is 5.75 Å². The average Bonchev–Trinajstić information content (AvgIpc) is 2.45. The maximum atomic E-state index is 13.5. The smallest absolute Gasteiger partial charge is 0.127 e. The first-order chi connectivity index (χ1) is 10.1. The second kappa shape index (κ2) is 7.43. The van der Waals surface area contributed by atoms with Gasteiger partial charge in [0.15, 0.2) is 0 Å². The first kappa shape index (κ1) is 15.8. The quantitative estimate of drug-likeness (QED) is 0.833. The molecule has 0 amide bonds. The Kier molecular flexibility index (Phi) is 5.59. The van der Waals surface area contributed by atoms with E-state index >= 15 is 0 Å². The molecule has 1 atom stereocenters. The molecule has 0 radical (unpaired) electrons. The molecule has 2 nitrogen and oxygen atoms in total. The standard InChI is InChI=1S/C17H19ClFNO/c1-3-20-12(2)16-8-7-15(19)10-17(16)21-11-13-5-4-6-14(18)9-13/h4-10,12,20H,3,11H2,1-2H3. The largest absolute Gasteiger partial charge is 0.488 e. The second-order valence-electron chi connectivity index (χ2n) is 4.88. The summed E-state index contributed by atoms with van der Waals surface area (Å²) in [4.78, 5) is 0. The van der Waals surface area contributed by atoms with E-state index in [0.29, 0.717) is 17.4 Å². The van der Waals surface area contributed by atoms with Gasteiger partial charge in [0.05, 0.1) is 0 Å². The topological polar surface area (TPSA) is 21.3 Å². The van der Waals surface area contributed by atoms with Crippen LogP contribution in [0.25, 0.3) is 0 Å². The lowest BCUT2D eigenvalue weighted by molar-refractivity contribution is 0.298. The zero-order valence-corrected chi connectivity index (χ0v) is 13.0. The third kappa shape index (κ3) is 4.45. The number of nitrogens with one attached hydrogen (secondary N) is 1. The molecule has 2 rings (SSSR count). The van der Waals surface area contributed by atoms with Gasteiger partial charge in [0, 0.05) is 22.7 Å². The van der Waals surface area contributed by atoms with Crippen molar-refractivity contribution in [3.63, 3.8) is 0 Å². The molecule has 1 unspecified atom stereocenters. The van der Waals surface area contributed by atoms with Gasteiger partial charge in [-0.1, -0.05) is 36.7 Å². The highest BCUT2D eigenvalue weighted by Crippen LogP contribution is 2.27. The Labute approximate surface area is 129 Å². The van der Waals surface area contributed by atoms with Crippen molar-refractivity contribution in [3.05, 3.63) is 64.4 Å². The summed E-state index contributed by atoms with van der Waals surface area (Å²) in [5, 5.41) is 3.97. The van der Waals surface area contributed by atoms with E-state index in [1.165, 1.54) is 12.1 Å². The minimum Gasteiger partial charge on any atom is -0.488 e. The molecule has 112 valence electrons. The molecule has 0 heterocycles. The highest BCUT2D eigenvalue weighted by Gasteiger charge is 2.12. The molecule has 0 aliphatic heterocycles. The van der Waals surface area contributed by atoms with Crippen LogP contribution >= 0.6 is 11.6 Å². The number of hydrogen-bond donors (Lipinski definition) is 1. The molecule has 2 aromatic carbocycles. The summed E-state index contributed by atoms with van der Waals surface area (Å²) in [5.74, 6) is 0.256. The van der Waals surface area contributed by atoms with Crippen molar-refractivity contribution < 1.29 is 9.13 Å². The van der Waals surface area contributed by atoms with Crippen molar-refractivity contribution in [1.29, 1.82) is 0 Å². The highest BCUT2D eigenvalue weighted by atomic mass is 35.5. The lowest BCUT2D eigenvalue weighted by Crippen LogP contribution is -2.18. The lowest BCUT2D eigenvalue weighted by atomic mass is 10.1. The highest BCUT2D eigenvalue weighted by molar-refractivity contribution is 6.30. The monoisotopic (exact) mass is 307 g/mol. The normalized spacial score (nSPS) is 12.2. The van der Waals surface area contributed by atoms with Crippen LogP contribution < -0.4 is 10.1 Å². The van der Waals surface area contributed by atoms with Crippen molar-refractivity contribution in [2.45, 2.75) is 26.5 Å². The Morgan fingerprint density at radius 2 is 2.05 bits per heavy atom. The molecular formula is C17H19ClFNO. The summed E-state index contributed by atoms with van der Waals surface area (Å²) >= 11 is 5.95. The van der Waals surface area contributed by atoms with Gasteiger partial charge in [-0.15, -0.1) is 0 Å². The van der Waals surface area contributed by atoms with Crippen LogP contribution in [0.1, 0.15) is 31.0 Å². The van der Waals surface area contributed by atoms with Gasteiger partial charge in [-0.3, -0.25) is 0 Å². The zero-order valence-electron chi connectivity index (χ0n) is 12.2. The zero-order chi connectivity index (χ0) is 15.2. The van der Waals surface area contributed by atoms with Crippen LogP contribution in [0, 0.1) is 5.82 Å². The molecule has 0 spiro atoms. The number of rotatable bonds is 6. The van der Waals surface area contributed by atoms with Crippen LogP contribution in [0.4, 0.5) is 4.39 Å². The van der Waals surface area contributed by atoms with Gasteiger partial charge < -0.3 is 10.1 Å². The van der Waals surface area contributed by atoms with Crippen LogP contribution in [0.15, 0.2) is 42.5 Å². The maximum Gasteiger partial charge on any atom is 0.127 e. The summed E-state index contributed by atoms with van der Waals surface area (Å²) in [6.07, 6.45) is 0. The van der Waals surface area contributed by atoms with Gasteiger partial charge in [-0.25, -0.2) is 4.39 Å². The molecule has 0 fully saturated rings. The van der Waals surface area contributed by atoms with Crippen molar-refractivity contribution in [1.82, 2.24) is 5.32 Å². The summed E-state index contributed by atoms with van der Waals surface area (Å²) in [6, 6.07) is 12.2. The average molecular weight is 308 g/mol. The number of hydrogen-bond acceptors (Lipinski definition) is 2. The summed E-state index contributed by atoms with van der Waals surface area (Å²) < 4.78 is 19.3. The minimum atomic E-state index is -0.302. The van der Waals surface area contributed by atoms with E-state index in [2.05, 4.69) is 5.32 Å².